The van der Waals surface area contributed by atoms with Crippen molar-refractivity contribution in [1.29, 1.82) is 0 Å². The lowest BCUT2D eigenvalue weighted by atomic mass is 9.99. The summed E-state index contributed by atoms with van der Waals surface area (Å²) in [6, 6.07) is 13.5. The van der Waals surface area contributed by atoms with Crippen LogP contribution in [-0.4, -0.2) is 44.3 Å². The molecule has 2 atom stereocenters. The number of aromatic nitrogens is 2. The van der Waals surface area contributed by atoms with E-state index in [0.29, 0.717) is 25.2 Å². The number of nitrogens with zero attached hydrogens (tertiary/aromatic N) is 4. The zero-order valence-corrected chi connectivity index (χ0v) is 19.9. The Morgan fingerprint density at radius 1 is 1.27 bits per heavy atom. The molecule has 1 aliphatic rings. The number of hydrogen-bond acceptors (Lipinski definition) is 6. The van der Waals surface area contributed by atoms with E-state index >= 15 is 0 Å². The summed E-state index contributed by atoms with van der Waals surface area (Å²) in [6.45, 7) is 6.69. The zero-order chi connectivity index (χ0) is 23.7. The summed E-state index contributed by atoms with van der Waals surface area (Å²) >= 11 is -1.07. The summed E-state index contributed by atoms with van der Waals surface area (Å²) < 4.78 is 32.3. The minimum Gasteiger partial charge on any atom is -0.598 e. The average molecular weight is 471 g/mol. The molecular weight excluding hydrogens is 443 g/mol. The molecule has 174 valence electrons. The number of alkyl halides is 1. The quantitative estimate of drug-likeness (QED) is 0.483. The lowest BCUT2D eigenvalue weighted by Gasteiger charge is -2.38. The van der Waals surface area contributed by atoms with Crippen LogP contribution in [0.5, 0.6) is 0 Å². The first kappa shape index (κ1) is 23.4. The molecule has 0 N–H and O–H groups in total. The molecule has 1 saturated heterocycles. The lowest BCUT2D eigenvalue weighted by Crippen LogP contribution is -2.56. The number of amides is 1. The van der Waals surface area contributed by atoms with Crippen LogP contribution in [0.15, 0.2) is 46.9 Å². The van der Waals surface area contributed by atoms with Crippen molar-refractivity contribution in [2.24, 2.45) is 5.92 Å². The molecule has 0 spiro atoms. The first-order valence-electron chi connectivity index (χ1n) is 10.8. The van der Waals surface area contributed by atoms with E-state index in [2.05, 4.69) is 10.2 Å². The van der Waals surface area contributed by atoms with Crippen molar-refractivity contribution >= 4 is 23.0 Å². The molecule has 0 aliphatic carbocycles. The van der Waals surface area contributed by atoms with Gasteiger partial charge < -0.3 is 13.9 Å². The molecule has 0 saturated carbocycles. The van der Waals surface area contributed by atoms with Gasteiger partial charge in [-0.15, -0.1) is 14.5 Å². The van der Waals surface area contributed by atoms with Crippen molar-refractivity contribution in [3.8, 4) is 11.5 Å². The fraction of sp³-hybridized carbons (Fsp3) is 0.375. The molecular formula is C24H27FN4O3S. The number of anilines is 1. The van der Waals surface area contributed by atoms with Crippen LogP contribution in [0.2, 0.25) is 0 Å². The first-order chi connectivity index (χ1) is 15.7. The zero-order valence-electron chi connectivity index (χ0n) is 19.1. The number of benzene rings is 2. The van der Waals surface area contributed by atoms with Gasteiger partial charge in [0.15, 0.2) is 6.17 Å². The Bertz CT molecular complexity index is 1140. The lowest BCUT2D eigenvalue weighted by molar-refractivity contribution is -0.125. The predicted molar refractivity (Wildman–Crippen MR) is 125 cm³/mol. The molecule has 9 heteroatoms. The van der Waals surface area contributed by atoms with Gasteiger partial charge >= 0.3 is 0 Å². The monoisotopic (exact) mass is 470 g/mol. The van der Waals surface area contributed by atoms with Crippen molar-refractivity contribution < 1.29 is 18.2 Å². The molecule has 2 aromatic carbocycles. The highest BCUT2D eigenvalue weighted by Crippen LogP contribution is 2.29. The SMILES string of the molecule is Cc1cccc(N(Cc2ccc(-c3nnc(C(C)F)o3)cc2C)C(=O)C2CN([S+](C)[O-])C2)c1. The highest BCUT2D eigenvalue weighted by Gasteiger charge is 2.40. The summed E-state index contributed by atoms with van der Waals surface area (Å²) in [7, 11) is 0. The number of hydrogen-bond donors (Lipinski definition) is 0. The highest BCUT2D eigenvalue weighted by molar-refractivity contribution is 7.88. The van der Waals surface area contributed by atoms with E-state index in [1.54, 1.807) is 15.5 Å². The van der Waals surface area contributed by atoms with Crippen LogP contribution in [0.4, 0.5) is 10.1 Å². The fourth-order valence-corrected chi connectivity index (χ4v) is 4.59. The number of carbonyl (C=O) groups is 1. The van der Waals surface area contributed by atoms with E-state index in [1.807, 2.05) is 56.3 Å². The van der Waals surface area contributed by atoms with Crippen LogP contribution in [-0.2, 0) is 22.7 Å². The van der Waals surface area contributed by atoms with Crippen LogP contribution in [0.3, 0.4) is 0 Å². The van der Waals surface area contributed by atoms with Gasteiger partial charge in [0.2, 0.25) is 11.8 Å². The molecule has 0 bridgehead atoms. The average Bonchev–Trinajstić information content (AvgIpc) is 3.22. The molecule has 7 nitrogen and oxygen atoms in total. The Labute approximate surface area is 195 Å². The minimum atomic E-state index is -1.33. The molecule has 2 unspecified atom stereocenters. The van der Waals surface area contributed by atoms with Gasteiger partial charge in [0.05, 0.1) is 25.6 Å². The van der Waals surface area contributed by atoms with Crippen LogP contribution < -0.4 is 4.90 Å². The summed E-state index contributed by atoms with van der Waals surface area (Å²) in [6.07, 6.45) is 0.304. The van der Waals surface area contributed by atoms with Gasteiger partial charge in [-0.1, -0.05) is 18.2 Å². The van der Waals surface area contributed by atoms with Crippen molar-refractivity contribution in [3.05, 3.63) is 65.0 Å². The van der Waals surface area contributed by atoms with Crippen molar-refractivity contribution in [1.82, 2.24) is 14.5 Å². The first-order valence-corrected chi connectivity index (χ1v) is 12.3. The molecule has 4 rings (SSSR count). The Hall–Kier alpha value is -2.75. The molecule has 1 fully saturated rings. The smallest absolute Gasteiger partial charge is 0.250 e. The molecule has 1 aliphatic heterocycles. The van der Waals surface area contributed by atoms with Gasteiger partial charge in [-0.2, -0.15) is 0 Å². The fourth-order valence-electron chi connectivity index (χ4n) is 3.81. The Balaban J connectivity index is 1.58. The van der Waals surface area contributed by atoms with Gasteiger partial charge in [-0.3, -0.25) is 4.79 Å². The predicted octanol–water partition coefficient (Wildman–Crippen LogP) is 4.14. The molecule has 3 aromatic rings. The van der Waals surface area contributed by atoms with E-state index in [1.165, 1.54) is 6.92 Å². The molecule has 0 radical (unpaired) electrons. The number of aryl methyl sites for hydroxylation is 2. The summed E-state index contributed by atoms with van der Waals surface area (Å²) in [4.78, 5) is 15.2. The largest absolute Gasteiger partial charge is 0.598 e. The number of carbonyl (C=O) groups excluding carboxylic acids is 1. The van der Waals surface area contributed by atoms with Gasteiger partial charge in [0.25, 0.3) is 5.89 Å². The summed E-state index contributed by atoms with van der Waals surface area (Å²) in [5, 5.41) is 7.68. The van der Waals surface area contributed by atoms with E-state index in [9.17, 15) is 13.7 Å². The van der Waals surface area contributed by atoms with Crippen LogP contribution in [0, 0.1) is 19.8 Å². The summed E-state index contributed by atoms with van der Waals surface area (Å²) in [5.74, 6) is 0.0427. The van der Waals surface area contributed by atoms with Crippen molar-refractivity contribution in [3.63, 3.8) is 0 Å². The van der Waals surface area contributed by atoms with Crippen molar-refractivity contribution in [2.45, 2.75) is 33.5 Å². The Morgan fingerprint density at radius 2 is 2.03 bits per heavy atom. The molecule has 33 heavy (non-hydrogen) atoms. The molecule has 1 aromatic heterocycles. The van der Waals surface area contributed by atoms with E-state index < -0.39 is 17.5 Å². The maximum Gasteiger partial charge on any atom is 0.250 e. The maximum absolute atomic E-state index is 13.4. The minimum absolute atomic E-state index is 0.0178. The molecule has 2 heterocycles. The van der Waals surface area contributed by atoms with E-state index in [0.717, 1.165) is 22.4 Å². The highest BCUT2D eigenvalue weighted by atomic mass is 32.2. The third-order valence-electron chi connectivity index (χ3n) is 5.84. The number of rotatable bonds is 7. The van der Waals surface area contributed by atoms with Gasteiger partial charge in [0.1, 0.15) is 6.26 Å². The summed E-state index contributed by atoms with van der Waals surface area (Å²) in [5.41, 5.74) is 4.53. The second kappa shape index (κ2) is 9.62. The second-order valence-corrected chi connectivity index (χ2v) is 9.80. The topological polar surface area (TPSA) is 85.5 Å². The third kappa shape index (κ3) is 5.10. The maximum atomic E-state index is 13.4. The van der Waals surface area contributed by atoms with Gasteiger partial charge in [0, 0.05) is 22.6 Å². The Kier molecular flexibility index (Phi) is 6.83. The Morgan fingerprint density at radius 3 is 2.64 bits per heavy atom. The standard InChI is InChI=1S/C24H27FN4O3S/c1-15-6-5-7-21(10-15)29(24(30)20-12-28(13-20)33(4)31)14-19-9-8-18(11-16(19)2)23-27-26-22(32-23)17(3)25/h5-11,17,20H,12-14H2,1-4H3. The number of halogens is 1. The molecule has 1 amide bonds. The van der Waals surface area contributed by atoms with Crippen molar-refractivity contribution in [2.75, 3.05) is 24.2 Å². The third-order valence-corrected chi connectivity index (χ3v) is 6.86. The van der Waals surface area contributed by atoms with Crippen LogP contribution in [0.25, 0.3) is 11.5 Å². The van der Waals surface area contributed by atoms with Crippen LogP contribution in [0.1, 0.15) is 35.7 Å². The van der Waals surface area contributed by atoms with Crippen LogP contribution >= 0.6 is 0 Å². The van der Waals surface area contributed by atoms with Gasteiger partial charge in [-0.05, 0) is 61.7 Å². The second-order valence-electron chi connectivity index (χ2n) is 8.43. The van der Waals surface area contributed by atoms with E-state index in [-0.39, 0.29) is 23.6 Å². The normalized spacial score (nSPS) is 16.3. The van der Waals surface area contributed by atoms with Gasteiger partial charge in [-0.25, -0.2) is 4.39 Å². The van der Waals surface area contributed by atoms with E-state index in [4.69, 9.17) is 4.42 Å².